The van der Waals surface area contributed by atoms with Crippen LogP contribution in [0.1, 0.15) is 103 Å². The van der Waals surface area contributed by atoms with Gasteiger partial charge in [0.05, 0.1) is 12.0 Å². The van der Waals surface area contributed by atoms with E-state index in [1.807, 2.05) is 58.2 Å². The van der Waals surface area contributed by atoms with Gasteiger partial charge in [-0.05, 0) is 87.2 Å². The molecule has 1 saturated heterocycles. The van der Waals surface area contributed by atoms with Crippen LogP contribution in [0.5, 0.6) is 0 Å². The molecule has 2 aliphatic rings. The predicted octanol–water partition coefficient (Wildman–Crippen LogP) is 8.08. The maximum absolute atomic E-state index is 14.0. The first kappa shape index (κ1) is 40.8. The zero-order valence-corrected chi connectivity index (χ0v) is 30.9. The number of rotatable bonds is 10. The van der Waals surface area contributed by atoms with Gasteiger partial charge in [-0.15, -0.1) is 0 Å². The summed E-state index contributed by atoms with van der Waals surface area (Å²) >= 11 is 0. The van der Waals surface area contributed by atoms with Crippen molar-refractivity contribution in [1.82, 2.24) is 25.1 Å². The Bertz CT molecular complexity index is 1400. The minimum absolute atomic E-state index is 0.0387. The number of likely N-dealkylation sites (tertiary alicyclic amines) is 1. The van der Waals surface area contributed by atoms with Crippen LogP contribution in [-0.4, -0.2) is 53.6 Å². The number of hydrogen-bond acceptors (Lipinski definition) is 5. The Morgan fingerprint density at radius 3 is 2.38 bits per heavy atom. The van der Waals surface area contributed by atoms with Gasteiger partial charge in [0.15, 0.2) is 0 Å². The molecule has 2 unspecified atom stereocenters. The van der Waals surface area contributed by atoms with Crippen LogP contribution < -0.4 is 16.2 Å². The van der Waals surface area contributed by atoms with Crippen molar-refractivity contribution >= 4 is 6.41 Å². The van der Waals surface area contributed by atoms with E-state index in [4.69, 9.17) is 0 Å². The number of aromatic nitrogens is 2. The van der Waals surface area contributed by atoms with Crippen molar-refractivity contribution < 1.29 is 9.18 Å². The van der Waals surface area contributed by atoms with Crippen molar-refractivity contribution in [1.29, 1.82) is 0 Å². The molecule has 1 aromatic heterocycles. The van der Waals surface area contributed by atoms with Gasteiger partial charge in [-0.25, -0.2) is 9.37 Å². The molecule has 0 radical (unpaired) electrons. The molecule has 48 heavy (non-hydrogen) atoms. The first-order valence-corrected chi connectivity index (χ1v) is 18.1. The highest BCUT2D eigenvalue weighted by Gasteiger charge is 2.44. The van der Waals surface area contributed by atoms with Crippen LogP contribution in [0.25, 0.3) is 11.3 Å². The molecular formula is C40H62FN5O2. The molecule has 2 N–H and O–H groups in total. The number of carbonyl (C=O) groups is 1. The molecule has 1 aliphatic carbocycles. The van der Waals surface area contributed by atoms with Crippen molar-refractivity contribution in [2.24, 2.45) is 18.4 Å². The highest BCUT2D eigenvalue weighted by molar-refractivity contribution is 5.62. The molecule has 3 aromatic rings. The van der Waals surface area contributed by atoms with Gasteiger partial charge in [0.1, 0.15) is 5.82 Å². The lowest BCUT2D eigenvalue weighted by atomic mass is 9.70. The number of aryl methyl sites for hydroxylation is 2. The highest BCUT2D eigenvalue weighted by Crippen LogP contribution is 2.50. The third kappa shape index (κ3) is 12.0. The summed E-state index contributed by atoms with van der Waals surface area (Å²) in [6, 6.07) is 17.1. The van der Waals surface area contributed by atoms with Crippen molar-refractivity contribution in [3.05, 3.63) is 88.2 Å². The van der Waals surface area contributed by atoms with Crippen LogP contribution in [0.15, 0.2) is 65.7 Å². The topological polar surface area (TPSA) is 79.3 Å². The molecule has 3 atom stereocenters. The maximum Gasteiger partial charge on any atom is 0.253 e. The Labute approximate surface area is 289 Å². The van der Waals surface area contributed by atoms with E-state index in [9.17, 15) is 14.0 Å². The van der Waals surface area contributed by atoms with Crippen LogP contribution in [0.4, 0.5) is 4.39 Å². The smallest absolute Gasteiger partial charge is 0.253 e. The maximum atomic E-state index is 14.0. The van der Waals surface area contributed by atoms with Crippen molar-refractivity contribution in [2.45, 2.75) is 105 Å². The van der Waals surface area contributed by atoms with Gasteiger partial charge in [-0.3, -0.25) is 14.5 Å². The summed E-state index contributed by atoms with van der Waals surface area (Å²) in [5.41, 5.74) is 4.34. The van der Waals surface area contributed by atoms with Crippen LogP contribution in [-0.2, 0) is 11.8 Å². The molecule has 7 nitrogen and oxygen atoms in total. The first-order chi connectivity index (χ1) is 23.2. The third-order valence-electron chi connectivity index (χ3n) is 9.72. The van der Waals surface area contributed by atoms with E-state index in [-0.39, 0.29) is 23.5 Å². The molecule has 1 spiro atoms. The molecule has 5 rings (SSSR count). The number of piperidine rings is 1. The second kappa shape index (κ2) is 21.6. The lowest BCUT2D eigenvalue weighted by Gasteiger charge is -2.48. The van der Waals surface area contributed by atoms with Crippen molar-refractivity contribution in [3.63, 3.8) is 0 Å². The fraction of sp³-hybridized carbons (Fsp3) is 0.575. The highest BCUT2D eigenvalue weighted by atomic mass is 19.1. The summed E-state index contributed by atoms with van der Waals surface area (Å²) in [4.78, 5) is 28.9. The molecule has 266 valence electrons. The fourth-order valence-electron chi connectivity index (χ4n) is 6.95. The Morgan fingerprint density at radius 1 is 1.08 bits per heavy atom. The molecule has 1 saturated carbocycles. The number of carbonyl (C=O) groups excluding carboxylic acids is 1. The second-order valence-electron chi connectivity index (χ2n) is 13.1. The van der Waals surface area contributed by atoms with Gasteiger partial charge >= 0.3 is 0 Å². The molecular weight excluding hydrogens is 601 g/mol. The molecule has 1 aliphatic heterocycles. The lowest BCUT2D eigenvalue weighted by molar-refractivity contribution is -0.109. The number of hydrogen-bond donors (Lipinski definition) is 2. The number of nitrogens with one attached hydrogen (secondary N) is 2. The average Bonchev–Trinajstić information content (AvgIpc) is 3.56. The van der Waals surface area contributed by atoms with E-state index < -0.39 is 0 Å². The van der Waals surface area contributed by atoms with Crippen LogP contribution in [0, 0.1) is 24.1 Å². The van der Waals surface area contributed by atoms with E-state index in [1.54, 1.807) is 25.5 Å². The molecule has 2 heterocycles. The normalized spacial score (nSPS) is 17.8. The predicted molar refractivity (Wildman–Crippen MR) is 199 cm³/mol. The molecule has 2 aromatic carbocycles. The fourth-order valence-corrected chi connectivity index (χ4v) is 6.95. The van der Waals surface area contributed by atoms with Gasteiger partial charge in [-0.1, -0.05) is 90.3 Å². The summed E-state index contributed by atoms with van der Waals surface area (Å²) in [6.45, 7) is 15.5. The minimum atomic E-state index is -0.160. The minimum Gasteiger partial charge on any atom is -0.359 e. The first-order valence-electron chi connectivity index (χ1n) is 18.1. The Kier molecular flexibility index (Phi) is 18.3. The van der Waals surface area contributed by atoms with Crippen LogP contribution in [0.2, 0.25) is 0 Å². The van der Waals surface area contributed by atoms with Crippen molar-refractivity contribution in [3.8, 4) is 11.3 Å². The van der Waals surface area contributed by atoms with E-state index in [1.165, 1.54) is 49.2 Å². The van der Waals surface area contributed by atoms with E-state index in [0.29, 0.717) is 12.0 Å². The summed E-state index contributed by atoms with van der Waals surface area (Å²) in [5.74, 6) is 0.614. The van der Waals surface area contributed by atoms with E-state index in [0.717, 1.165) is 60.6 Å². The van der Waals surface area contributed by atoms with E-state index in [2.05, 4.69) is 47.4 Å². The molecule has 0 bridgehead atoms. The molecule has 2 fully saturated rings. The number of nitrogens with zero attached hydrogens (tertiary/aromatic N) is 3. The van der Waals surface area contributed by atoms with Crippen LogP contribution >= 0.6 is 0 Å². The Morgan fingerprint density at radius 2 is 1.77 bits per heavy atom. The Hall–Kier alpha value is -3.36. The van der Waals surface area contributed by atoms with Gasteiger partial charge in [0.25, 0.3) is 5.56 Å². The average molecular weight is 664 g/mol. The second-order valence-corrected chi connectivity index (χ2v) is 13.1. The van der Waals surface area contributed by atoms with Gasteiger partial charge in [-0.2, -0.15) is 0 Å². The number of benzene rings is 2. The lowest BCUT2D eigenvalue weighted by Crippen LogP contribution is -2.49. The zero-order valence-electron chi connectivity index (χ0n) is 30.9. The van der Waals surface area contributed by atoms with E-state index >= 15 is 0 Å². The summed E-state index contributed by atoms with van der Waals surface area (Å²) in [7, 11) is 3.67. The Balaban J connectivity index is 0.000000335. The molecule has 8 heteroatoms. The number of halogens is 1. The van der Waals surface area contributed by atoms with Gasteiger partial charge in [0, 0.05) is 43.9 Å². The monoisotopic (exact) mass is 663 g/mol. The quantitative estimate of drug-likeness (QED) is 0.169. The van der Waals surface area contributed by atoms with Crippen molar-refractivity contribution in [2.75, 3.05) is 26.7 Å². The third-order valence-corrected chi connectivity index (χ3v) is 9.72. The standard InChI is InChI=1S/C23H36FN3O.C12H12N2O.C3H8.C2H6/c1-18-9-13-27(16-23(18)10-3-4-11-23)22(19-6-5-7-20(24)14-19)15-21(25-2)8-12-26-17-28;1-9-5-3-4-6-10(9)11-7-12(15)14(2)8-13-11;1-3-2;1-2/h5-7,14,17-18,21-22,25H,3-4,8-13,15-16H2,1-2H3,(H,26,28);3-8H,1-2H3;3H2,1-2H3;1-2H3/t18-,21?,22?;;;/m1.../s1. The number of amides is 1. The summed E-state index contributed by atoms with van der Waals surface area (Å²) < 4.78 is 15.5. The summed E-state index contributed by atoms with van der Waals surface area (Å²) in [6.07, 6.45) is 11.9. The van der Waals surface area contributed by atoms with Crippen LogP contribution in [0.3, 0.4) is 0 Å². The largest absolute Gasteiger partial charge is 0.359 e. The van der Waals surface area contributed by atoms with Gasteiger partial charge < -0.3 is 15.2 Å². The SMILES string of the molecule is CC.CCC.CNC(CCNC=O)CC(c1cccc(F)c1)N1CC[C@@H](C)C2(CCCC2)C1.Cc1ccccc1-c1cc(=O)n(C)cn1. The van der Waals surface area contributed by atoms with Gasteiger partial charge in [0.2, 0.25) is 6.41 Å². The molecule has 1 amide bonds. The zero-order chi connectivity index (χ0) is 35.5. The summed E-state index contributed by atoms with van der Waals surface area (Å²) in [5, 5.41) is 6.17.